The quantitative estimate of drug-likeness (QED) is 0.643. The second-order valence-electron chi connectivity index (χ2n) is 2.62. The summed E-state index contributed by atoms with van der Waals surface area (Å²) in [6.45, 7) is 0. The van der Waals surface area contributed by atoms with Crippen LogP contribution in [0.2, 0.25) is 0 Å². The van der Waals surface area contributed by atoms with Crippen molar-refractivity contribution >= 4 is 37.8 Å². The van der Waals surface area contributed by atoms with Crippen molar-refractivity contribution in [1.82, 2.24) is 0 Å². The van der Waals surface area contributed by atoms with Gasteiger partial charge in [0.25, 0.3) is 0 Å². The SMILES string of the molecule is O=C(O)C1=CC(O)(Br)CC(O)=C1Br. The number of aliphatic hydroxyl groups is 2. The lowest BCUT2D eigenvalue weighted by molar-refractivity contribution is -0.132. The first-order chi connectivity index (χ1) is 5.83. The Bertz CT molecular complexity index is 316. The molecule has 0 saturated carbocycles. The van der Waals surface area contributed by atoms with Crippen molar-refractivity contribution in [1.29, 1.82) is 0 Å². The first-order valence-electron chi connectivity index (χ1n) is 3.29. The highest BCUT2D eigenvalue weighted by Gasteiger charge is 2.32. The van der Waals surface area contributed by atoms with Gasteiger partial charge in [0.15, 0.2) is 0 Å². The fourth-order valence-corrected chi connectivity index (χ4v) is 1.88. The summed E-state index contributed by atoms with van der Waals surface area (Å²) in [6.07, 6.45) is 1.06. The van der Waals surface area contributed by atoms with Crippen LogP contribution in [0.3, 0.4) is 0 Å². The van der Waals surface area contributed by atoms with E-state index in [0.29, 0.717) is 0 Å². The summed E-state index contributed by atoms with van der Waals surface area (Å²) < 4.78 is -1.38. The molecule has 0 spiro atoms. The van der Waals surface area contributed by atoms with Crippen LogP contribution in [-0.4, -0.2) is 25.8 Å². The number of rotatable bonds is 1. The smallest absolute Gasteiger partial charge is 0.336 e. The topological polar surface area (TPSA) is 77.8 Å². The van der Waals surface area contributed by atoms with E-state index in [9.17, 15) is 15.0 Å². The van der Waals surface area contributed by atoms with Gasteiger partial charge >= 0.3 is 5.97 Å². The molecule has 0 amide bonds. The van der Waals surface area contributed by atoms with Crippen LogP contribution >= 0.6 is 31.9 Å². The number of aliphatic hydroxyl groups excluding tert-OH is 1. The summed E-state index contributed by atoms with van der Waals surface area (Å²) in [4.78, 5) is 10.6. The van der Waals surface area contributed by atoms with Gasteiger partial charge in [-0.25, -0.2) is 4.79 Å². The summed E-state index contributed by atoms with van der Waals surface area (Å²) in [7, 11) is 0. The molecule has 4 nitrogen and oxygen atoms in total. The van der Waals surface area contributed by atoms with Crippen molar-refractivity contribution in [2.45, 2.75) is 10.9 Å². The van der Waals surface area contributed by atoms with E-state index >= 15 is 0 Å². The molecule has 1 atom stereocenters. The zero-order chi connectivity index (χ0) is 10.2. The average Bonchev–Trinajstić information content (AvgIpc) is 1.95. The van der Waals surface area contributed by atoms with Gasteiger partial charge in [0, 0.05) is 6.42 Å². The third-order valence-electron chi connectivity index (χ3n) is 1.50. The van der Waals surface area contributed by atoms with Gasteiger partial charge in [0.05, 0.1) is 10.1 Å². The van der Waals surface area contributed by atoms with E-state index in [1.54, 1.807) is 0 Å². The number of halogens is 2. The van der Waals surface area contributed by atoms with Gasteiger partial charge in [-0.2, -0.15) is 0 Å². The highest BCUT2D eigenvalue weighted by Crippen LogP contribution is 2.36. The van der Waals surface area contributed by atoms with Crippen molar-refractivity contribution in [3.8, 4) is 0 Å². The molecule has 0 saturated heterocycles. The Labute approximate surface area is 90.8 Å². The maximum absolute atomic E-state index is 10.6. The minimum atomic E-state index is -1.48. The van der Waals surface area contributed by atoms with Gasteiger partial charge in [-0.15, -0.1) is 0 Å². The highest BCUT2D eigenvalue weighted by molar-refractivity contribution is 9.12. The fraction of sp³-hybridized carbons (Fsp3) is 0.286. The number of carboxylic acid groups (broad SMARTS) is 1. The van der Waals surface area contributed by atoms with Crippen LogP contribution in [0.4, 0.5) is 0 Å². The molecular weight excluding hydrogens is 308 g/mol. The Morgan fingerprint density at radius 2 is 2.15 bits per heavy atom. The third kappa shape index (κ3) is 2.32. The van der Waals surface area contributed by atoms with Gasteiger partial charge in [-0.3, -0.25) is 0 Å². The van der Waals surface area contributed by atoms with E-state index in [-0.39, 0.29) is 22.2 Å². The summed E-state index contributed by atoms with van der Waals surface area (Å²) in [5.41, 5.74) is -0.164. The van der Waals surface area contributed by atoms with Gasteiger partial charge in [0.2, 0.25) is 0 Å². The van der Waals surface area contributed by atoms with Crippen LogP contribution in [-0.2, 0) is 4.79 Å². The number of hydrogen-bond acceptors (Lipinski definition) is 3. The molecule has 3 N–H and O–H groups in total. The molecular formula is C7H6Br2O4. The molecule has 0 aromatic carbocycles. The van der Waals surface area contributed by atoms with E-state index in [0.717, 1.165) is 6.08 Å². The lowest BCUT2D eigenvalue weighted by atomic mass is 10.0. The van der Waals surface area contributed by atoms with Crippen molar-refractivity contribution < 1.29 is 20.1 Å². The van der Waals surface area contributed by atoms with Crippen molar-refractivity contribution in [3.63, 3.8) is 0 Å². The molecule has 0 radical (unpaired) electrons. The van der Waals surface area contributed by atoms with Crippen LogP contribution in [0.5, 0.6) is 0 Å². The fourth-order valence-electron chi connectivity index (χ4n) is 0.959. The molecule has 0 bridgehead atoms. The van der Waals surface area contributed by atoms with Crippen molar-refractivity contribution in [2.75, 3.05) is 0 Å². The molecule has 1 rings (SSSR count). The first kappa shape index (κ1) is 10.7. The van der Waals surface area contributed by atoms with Gasteiger partial charge in [-0.05, 0) is 37.9 Å². The van der Waals surface area contributed by atoms with E-state index in [1.807, 2.05) is 0 Å². The minimum absolute atomic E-state index is 0.0651. The summed E-state index contributed by atoms with van der Waals surface area (Å²) >= 11 is 5.79. The Morgan fingerprint density at radius 1 is 1.62 bits per heavy atom. The molecule has 1 aliphatic carbocycles. The second-order valence-corrected chi connectivity index (χ2v) is 4.79. The standard InChI is InChI=1S/C7H6Br2O4/c8-5-3(6(11)12)1-7(9,13)2-4(5)10/h1,10,13H,2H2,(H,11,12). The van der Waals surface area contributed by atoms with E-state index < -0.39 is 10.5 Å². The summed E-state index contributed by atoms with van der Waals surface area (Å²) in [5.74, 6) is -1.41. The number of hydrogen-bond donors (Lipinski definition) is 3. The molecule has 0 fully saturated rings. The molecule has 1 aliphatic rings. The van der Waals surface area contributed by atoms with Crippen LogP contribution < -0.4 is 0 Å². The zero-order valence-electron chi connectivity index (χ0n) is 6.29. The Hall–Kier alpha value is -0.330. The maximum atomic E-state index is 10.6. The van der Waals surface area contributed by atoms with Crippen LogP contribution in [0.25, 0.3) is 0 Å². The van der Waals surface area contributed by atoms with E-state index in [4.69, 9.17) is 5.11 Å². The van der Waals surface area contributed by atoms with Gasteiger partial charge < -0.3 is 15.3 Å². The largest absolute Gasteiger partial charge is 0.511 e. The summed E-state index contributed by atoms with van der Waals surface area (Å²) in [6, 6.07) is 0. The van der Waals surface area contributed by atoms with Crippen LogP contribution in [0.1, 0.15) is 6.42 Å². The number of carbonyl (C=O) groups is 1. The molecule has 6 heteroatoms. The molecule has 0 aromatic rings. The lowest BCUT2D eigenvalue weighted by Gasteiger charge is -2.22. The molecule has 1 unspecified atom stereocenters. The molecule has 13 heavy (non-hydrogen) atoms. The Balaban J connectivity index is 3.16. The molecule has 72 valence electrons. The van der Waals surface area contributed by atoms with E-state index in [1.165, 1.54) is 0 Å². The molecule has 0 heterocycles. The summed E-state index contributed by atoms with van der Waals surface area (Å²) in [5, 5.41) is 27.4. The molecule has 0 aromatic heterocycles. The van der Waals surface area contributed by atoms with E-state index in [2.05, 4.69) is 31.9 Å². The highest BCUT2D eigenvalue weighted by atomic mass is 79.9. The maximum Gasteiger partial charge on any atom is 0.336 e. The number of aliphatic carboxylic acids is 1. The number of carboxylic acids is 1. The third-order valence-corrected chi connectivity index (χ3v) is 2.90. The molecule has 0 aliphatic heterocycles. The predicted molar refractivity (Wildman–Crippen MR) is 52.8 cm³/mol. The predicted octanol–water partition coefficient (Wildman–Crippen LogP) is 1.65. The average molecular weight is 314 g/mol. The first-order valence-corrected chi connectivity index (χ1v) is 4.87. The number of alkyl halides is 1. The van der Waals surface area contributed by atoms with Crippen molar-refractivity contribution in [2.24, 2.45) is 0 Å². The Morgan fingerprint density at radius 3 is 2.62 bits per heavy atom. The minimum Gasteiger partial charge on any atom is -0.511 e. The van der Waals surface area contributed by atoms with Gasteiger partial charge in [0.1, 0.15) is 10.3 Å². The Kier molecular flexibility index (Phi) is 2.84. The monoisotopic (exact) mass is 312 g/mol. The van der Waals surface area contributed by atoms with Gasteiger partial charge in [-0.1, -0.05) is 0 Å². The zero-order valence-corrected chi connectivity index (χ0v) is 9.46. The second kappa shape index (κ2) is 3.43. The van der Waals surface area contributed by atoms with Crippen LogP contribution in [0, 0.1) is 0 Å². The lowest BCUT2D eigenvalue weighted by Crippen LogP contribution is -2.24. The van der Waals surface area contributed by atoms with Crippen molar-refractivity contribution in [3.05, 3.63) is 21.9 Å². The van der Waals surface area contributed by atoms with Crippen LogP contribution in [0.15, 0.2) is 21.9 Å². The normalized spacial score (nSPS) is 28.7.